The van der Waals surface area contributed by atoms with Crippen molar-refractivity contribution in [3.63, 3.8) is 0 Å². The van der Waals surface area contributed by atoms with Gasteiger partial charge in [0, 0.05) is 11.4 Å². The number of alkyl halides is 3. The maximum absolute atomic E-state index is 12.2. The van der Waals surface area contributed by atoms with Crippen LogP contribution in [0.4, 0.5) is 8.78 Å². The second kappa shape index (κ2) is 6.13. The van der Waals surface area contributed by atoms with Gasteiger partial charge in [-0.05, 0) is 12.0 Å². The molecule has 0 aliphatic heterocycles. The summed E-state index contributed by atoms with van der Waals surface area (Å²) >= 11 is 5.42. The predicted octanol–water partition coefficient (Wildman–Crippen LogP) is 2.65. The van der Waals surface area contributed by atoms with Crippen molar-refractivity contribution in [2.45, 2.75) is 25.1 Å². The Bertz CT molecular complexity index is 316. The van der Waals surface area contributed by atoms with Crippen LogP contribution < -0.4 is 0 Å². The molecule has 0 bridgehead atoms. The fourth-order valence-corrected chi connectivity index (χ4v) is 1.55. The van der Waals surface area contributed by atoms with Gasteiger partial charge in [0.1, 0.15) is 6.10 Å². The highest BCUT2D eigenvalue weighted by atomic mass is 35.5. The van der Waals surface area contributed by atoms with Gasteiger partial charge in [-0.1, -0.05) is 24.3 Å². The molecule has 1 aromatic carbocycles. The fraction of sp³-hybridized carbons (Fsp3) is 0.455. The number of rotatable bonds is 5. The van der Waals surface area contributed by atoms with Gasteiger partial charge >= 0.3 is 0 Å². The average molecular weight is 251 g/mol. The van der Waals surface area contributed by atoms with E-state index in [0.29, 0.717) is 5.56 Å². The summed E-state index contributed by atoms with van der Waals surface area (Å²) in [6.07, 6.45) is -4.35. The quantitative estimate of drug-likeness (QED) is 0.789. The molecule has 2 nitrogen and oxygen atoms in total. The van der Waals surface area contributed by atoms with Crippen LogP contribution in [0.1, 0.15) is 30.1 Å². The Hall–Kier alpha value is -0.710. The largest absolute Gasteiger partial charge is 0.390 e. The van der Waals surface area contributed by atoms with Crippen molar-refractivity contribution in [1.29, 1.82) is 0 Å². The summed E-state index contributed by atoms with van der Waals surface area (Å²) in [6, 6.07) is 5.22. The Kier molecular flexibility index (Phi) is 5.12. The first-order valence-corrected chi connectivity index (χ1v) is 5.39. The van der Waals surface area contributed by atoms with Crippen LogP contribution in [0.5, 0.6) is 0 Å². The smallest absolute Gasteiger partial charge is 0.263 e. The number of hydrogen-bond donors (Lipinski definition) is 2. The molecule has 0 saturated carbocycles. The molecule has 0 heterocycles. The highest BCUT2D eigenvalue weighted by molar-refractivity contribution is 6.17. The van der Waals surface area contributed by atoms with E-state index in [0.717, 1.165) is 0 Å². The van der Waals surface area contributed by atoms with Crippen molar-refractivity contribution in [2.75, 3.05) is 5.88 Å². The number of hydrogen-bond acceptors (Lipinski definition) is 2. The molecule has 1 aromatic rings. The van der Waals surface area contributed by atoms with E-state index >= 15 is 0 Å². The van der Waals surface area contributed by atoms with Crippen molar-refractivity contribution in [1.82, 2.24) is 0 Å². The molecule has 0 radical (unpaired) electrons. The van der Waals surface area contributed by atoms with Crippen LogP contribution in [0.25, 0.3) is 0 Å². The molecule has 2 N–H and O–H groups in total. The third kappa shape index (κ3) is 3.40. The van der Waals surface area contributed by atoms with Crippen LogP contribution >= 0.6 is 11.6 Å². The van der Waals surface area contributed by atoms with E-state index in [1.54, 1.807) is 0 Å². The summed E-state index contributed by atoms with van der Waals surface area (Å²) < 4.78 is 24.5. The standard InChI is InChI=1S/C11H13ClF2O2/c12-6-5-9(15)10(16)7-1-3-8(4-2-7)11(13)14/h1-4,9-11,15-16H,5-6H2. The lowest BCUT2D eigenvalue weighted by Crippen LogP contribution is -2.18. The predicted molar refractivity (Wildman–Crippen MR) is 57.7 cm³/mol. The number of aliphatic hydroxyl groups is 2. The van der Waals surface area contributed by atoms with Gasteiger partial charge in [-0.25, -0.2) is 8.78 Å². The van der Waals surface area contributed by atoms with Gasteiger partial charge < -0.3 is 10.2 Å². The zero-order valence-electron chi connectivity index (χ0n) is 8.48. The number of aliphatic hydroxyl groups excluding tert-OH is 2. The van der Waals surface area contributed by atoms with Crippen molar-refractivity contribution < 1.29 is 19.0 Å². The summed E-state index contributed by atoms with van der Waals surface area (Å²) in [5.41, 5.74) is 0.296. The van der Waals surface area contributed by atoms with E-state index < -0.39 is 18.6 Å². The average Bonchev–Trinajstić information content (AvgIpc) is 2.28. The fourth-order valence-electron chi connectivity index (χ4n) is 1.33. The Balaban J connectivity index is 2.73. The first kappa shape index (κ1) is 13.4. The Labute approximate surface area is 97.5 Å². The summed E-state index contributed by atoms with van der Waals surface area (Å²) in [7, 11) is 0. The lowest BCUT2D eigenvalue weighted by Gasteiger charge is -2.17. The molecule has 0 saturated heterocycles. The maximum Gasteiger partial charge on any atom is 0.263 e. The molecule has 0 amide bonds. The SMILES string of the molecule is OC(CCCl)C(O)c1ccc(C(F)F)cc1. The molecule has 0 aliphatic carbocycles. The van der Waals surface area contributed by atoms with Gasteiger partial charge in [-0.15, -0.1) is 11.6 Å². The third-order valence-electron chi connectivity index (χ3n) is 2.30. The van der Waals surface area contributed by atoms with E-state index in [4.69, 9.17) is 11.6 Å². The third-order valence-corrected chi connectivity index (χ3v) is 2.52. The molecule has 0 aliphatic rings. The summed E-state index contributed by atoms with van der Waals surface area (Å²) in [5.74, 6) is 0.230. The zero-order valence-corrected chi connectivity index (χ0v) is 9.24. The normalized spacial score (nSPS) is 15.1. The molecule has 0 aromatic heterocycles. The van der Waals surface area contributed by atoms with Crippen molar-refractivity contribution in [2.24, 2.45) is 0 Å². The topological polar surface area (TPSA) is 40.5 Å². The molecule has 0 fully saturated rings. The van der Waals surface area contributed by atoms with Crippen LogP contribution in [-0.2, 0) is 0 Å². The molecular formula is C11H13ClF2O2. The van der Waals surface area contributed by atoms with Gasteiger partial charge in [0.15, 0.2) is 0 Å². The second-order valence-corrected chi connectivity index (χ2v) is 3.84. The minimum absolute atomic E-state index is 0.109. The van der Waals surface area contributed by atoms with Gasteiger partial charge in [-0.2, -0.15) is 0 Å². The van der Waals surface area contributed by atoms with Crippen molar-refractivity contribution in [3.05, 3.63) is 35.4 Å². The second-order valence-electron chi connectivity index (χ2n) is 3.46. The molecule has 2 atom stereocenters. The van der Waals surface area contributed by atoms with E-state index in [9.17, 15) is 19.0 Å². The molecular weight excluding hydrogens is 238 g/mol. The van der Waals surface area contributed by atoms with Crippen LogP contribution in [0.2, 0.25) is 0 Å². The highest BCUT2D eigenvalue weighted by Crippen LogP contribution is 2.23. The maximum atomic E-state index is 12.2. The monoisotopic (exact) mass is 250 g/mol. The molecule has 1 rings (SSSR count). The van der Waals surface area contributed by atoms with Crippen LogP contribution in [-0.4, -0.2) is 22.2 Å². The van der Waals surface area contributed by atoms with E-state index in [-0.39, 0.29) is 17.9 Å². The van der Waals surface area contributed by atoms with E-state index in [1.165, 1.54) is 24.3 Å². The number of halogens is 3. The lowest BCUT2D eigenvalue weighted by molar-refractivity contribution is 0.0169. The minimum Gasteiger partial charge on any atom is -0.390 e. The van der Waals surface area contributed by atoms with Gasteiger partial charge in [-0.3, -0.25) is 0 Å². The van der Waals surface area contributed by atoms with Gasteiger partial charge in [0.25, 0.3) is 6.43 Å². The molecule has 5 heteroatoms. The molecule has 16 heavy (non-hydrogen) atoms. The van der Waals surface area contributed by atoms with E-state index in [2.05, 4.69) is 0 Å². The Morgan fingerprint density at radius 1 is 1.06 bits per heavy atom. The van der Waals surface area contributed by atoms with Gasteiger partial charge in [0.2, 0.25) is 0 Å². The minimum atomic E-state index is -2.53. The lowest BCUT2D eigenvalue weighted by atomic mass is 10.0. The molecule has 90 valence electrons. The van der Waals surface area contributed by atoms with Crippen molar-refractivity contribution in [3.8, 4) is 0 Å². The highest BCUT2D eigenvalue weighted by Gasteiger charge is 2.18. The summed E-state index contributed by atoms with van der Waals surface area (Å²) in [5, 5.41) is 19.1. The molecule has 2 unspecified atom stereocenters. The first-order chi connectivity index (χ1) is 7.56. The first-order valence-electron chi connectivity index (χ1n) is 4.86. The van der Waals surface area contributed by atoms with Gasteiger partial charge in [0.05, 0.1) is 6.10 Å². The van der Waals surface area contributed by atoms with Crippen molar-refractivity contribution >= 4 is 11.6 Å². The van der Waals surface area contributed by atoms with E-state index in [1.807, 2.05) is 0 Å². The Morgan fingerprint density at radius 3 is 2.00 bits per heavy atom. The Morgan fingerprint density at radius 2 is 1.56 bits per heavy atom. The summed E-state index contributed by atoms with van der Waals surface area (Å²) in [6.45, 7) is 0. The number of benzene rings is 1. The summed E-state index contributed by atoms with van der Waals surface area (Å²) in [4.78, 5) is 0. The zero-order chi connectivity index (χ0) is 12.1. The van der Waals surface area contributed by atoms with Crippen LogP contribution in [0.15, 0.2) is 24.3 Å². The van der Waals surface area contributed by atoms with Crippen LogP contribution in [0, 0.1) is 0 Å². The van der Waals surface area contributed by atoms with Crippen LogP contribution in [0.3, 0.4) is 0 Å². The molecule has 0 spiro atoms.